The molecule has 1 saturated carbocycles. The zero-order valence-corrected chi connectivity index (χ0v) is 16.2. The topological polar surface area (TPSA) is 139 Å². The molecule has 0 saturated heterocycles. The standard InChI is InChI=1S/C20H22ClNO7/c1-22-18(26)12-4-2-3-10(7-12)11-5-6-15(14(21)8-11)29-19(27)20(28)13(9-23)16(24)17(20)25/h2-8,13,16-17,19,23-25,27-28H,9H2,1H3,(H,22,26). The van der Waals surface area contributed by atoms with E-state index in [1.165, 1.54) is 13.1 Å². The van der Waals surface area contributed by atoms with E-state index >= 15 is 0 Å². The Morgan fingerprint density at radius 2 is 1.93 bits per heavy atom. The van der Waals surface area contributed by atoms with E-state index in [0.717, 1.165) is 5.56 Å². The summed E-state index contributed by atoms with van der Waals surface area (Å²) in [6.45, 7) is -0.649. The molecule has 1 amide bonds. The molecule has 0 bridgehead atoms. The average Bonchev–Trinajstić information content (AvgIpc) is 2.74. The molecule has 0 heterocycles. The van der Waals surface area contributed by atoms with Gasteiger partial charge in [0, 0.05) is 18.5 Å². The maximum absolute atomic E-state index is 11.8. The molecule has 1 fully saturated rings. The van der Waals surface area contributed by atoms with Crippen molar-refractivity contribution in [1.29, 1.82) is 0 Å². The van der Waals surface area contributed by atoms with E-state index in [2.05, 4.69) is 5.32 Å². The molecule has 5 unspecified atom stereocenters. The van der Waals surface area contributed by atoms with Crippen LogP contribution in [-0.2, 0) is 0 Å². The van der Waals surface area contributed by atoms with Gasteiger partial charge in [-0.1, -0.05) is 29.8 Å². The fourth-order valence-electron chi connectivity index (χ4n) is 3.43. The van der Waals surface area contributed by atoms with Crippen molar-refractivity contribution in [3.63, 3.8) is 0 Å². The molecule has 2 aromatic rings. The van der Waals surface area contributed by atoms with Gasteiger partial charge in [0.05, 0.1) is 17.7 Å². The fourth-order valence-corrected chi connectivity index (χ4v) is 3.65. The summed E-state index contributed by atoms with van der Waals surface area (Å²) in [5.41, 5.74) is -0.338. The Morgan fingerprint density at radius 1 is 1.24 bits per heavy atom. The van der Waals surface area contributed by atoms with E-state index < -0.39 is 36.6 Å². The van der Waals surface area contributed by atoms with Gasteiger partial charge in [0.25, 0.3) is 5.91 Å². The molecule has 3 rings (SSSR count). The van der Waals surface area contributed by atoms with Crippen molar-refractivity contribution in [2.75, 3.05) is 13.7 Å². The molecular formula is C20H22ClNO7. The first-order valence-electron chi connectivity index (χ1n) is 8.90. The highest BCUT2D eigenvalue weighted by molar-refractivity contribution is 6.32. The minimum Gasteiger partial charge on any atom is -0.460 e. The Balaban J connectivity index is 1.81. The van der Waals surface area contributed by atoms with E-state index in [0.29, 0.717) is 11.1 Å². The number of hydrogen-bond donors (Lipinski definition) is 6. The van der Waals surface area contributed by atoms with E-state index in [1.54, 1.807) is 36.4 Å². The Bertz CT molecular complexity index is 908. The predicted octanol–water partition coefficient (Wildman–Crippen LogP) is 0.139. The van der Waals surface area contributed by atoms with Crippen molar-refractivity contribution in [3.8, 4) is 16.9 Å². The van der Waals surface area contributed by atoms with Crippen molar-refractivity contribution < 1.29 is 35.1 Å². The fraction of sp³-hybridized carbons (Fsp3) is 0.350. The zero-order chi connectivity index (χ0) is 21.3. The van der Waals surface area contributed by atoms with Gasteiger partial charge in [-0.15, -0.1) is 0 Å². The summed E-state index contributed by atoms with van der Waals surface area (Å²) in [4.78, 5) is 11.8. The lowest BCUT2D eigenvalue weighted by Gasteiger charge is -2.53. The monoisotopic (exact) mass is 423 g/mol. The third-order valence-electron chi connectivity index (χ3n) is 5.25. The first-order valence-corrected chi connectivity index (χ1v) is 9.28. The molecule has 0 aliphatic heterocycles. The average molecular weight is 424 g/mol. The Morgan fingerprint density at radius 3 is 2.55 bits per heavy atom. The summed E-state index contributed by atoms with van der Waals surface area (Å²) in [5.74, 6) is -1.36. The number of carbonyl (C=O) groups excluding carboxylic acids is 1. The van der Waals surface area contributed by atoms with Crippen LogP contribution in [0.25, 0.3) is 11.1 Å². The van der Waals surface area contributed by atoms with E-state index in [4.69, 9.17) is 16.3 Å². The van der Waals surface area contributed by atoms with E-state index in [-0.39, 0.29) is 16.7 Å². The molecule has 9 heteroatoms. The number of benzene rings is 2. The number of ether oxygens (including phenoxy) is 1. The van der Waals surface area contributed by atoms with Gasteiger partial charge in [-0.3, -0.25) is 4.79 Å². The molecule has 0 spiro atoms. The molecule has 5 atom stereocenters. The van der Waals surface area contributed by atoms with E-state index in [9.17, 15) is 30.3 Å². The first-order chi connectivity index (χ1) is 13.7. The second-order valence-electron chi connectivity index (χ2n) is 6.89. The molecule has 2 aromatic carbocycles. The minimum absolute atomic E-state index is 0.0316. The van der Waals surface area contributed by atoms with Crippen LogP contribution in [0.5, 0.6) is 5.75 Å². The van der Waals surface area contributed by atoms with Gasteiger partial charge in [-0.25, -0.2) is 0 Å². The summed E-state index contributed by atoms with van der Waals surface area (Å²) in [6.07, 6.45) is -4.99. The number of hydrogen-bond acceptors (Lipinski definition) is 7. The normalized spacial score (nSPS) is 27.1. The second-order valence-corrected chi connectivity index (χ2v) is 7.29. The van der Waals surface area contributed by atoms with Crippen LogP contribution in [-0.4, -0.2) is 69.2 Å². The molecule has 156 valence electrons. The predicted molar refractivity (Wildman–Crippen MR) is 104 cm³/mol. The SMILES string of the molecule is CNC(=O)c1cccc(-c2ccc(OC(O)C3(O)C(O)C(O)C3CO)c(Cl)c2)c1. The van der Waals surface area contributed by atoms with Gasteiger partial charge in [-0.05, 0) is 35.4 Å². The van der Waals surface area contributed by atoms with Crippen LogP contribution in [0, 0.1) is 5.92 Å². The molecule has 0 radical (unpaired) electrons. The van der Waals surface area contributed by atoms with Crippen LogP contribution < -0.4 is 10.1 Å². The quantitative estimate of drug-likeness (QED) is 0.363. The maximum atomic E-state index is 11.8. The van der Waals surface area contributed by atoms with Gasteiger partial charge in [-0.2, -0.15) is 0 Å². The maximum Gasteiger partial charge on any atom is 0.251 e. The third-order valence-corrected chi connectivity index (χ3v) is 5.55. The number of aliphatic hydroxyl groups excluding tert-OH is 4. The van der Waals surface area contributed by atoms with Gasteiger partial charge in [0.1, 0.15) is 11.9 Å². The van der Waals surface area contributed by atoms with Gasteiger partial charge in [0.15, 0.2) is 5.60 Å². The largest absolute Gasteiger partial charge is 0.460 e. The molecule has 1 aliphatic rings. The highest BCUT2D eigenvalue weighted by Gasteiger charge is 2.65. The number of carbonyl (C=O) groups is 1. The highest BCUT2D eigenvalue weighted by Crippen LogP contribution is 2.43. The number of nitrogens with one attached hydrogen (secondary N) is 1. The lowest BCUT2D eigenvalue weighted by atomic mass is 9.64. The zero-order valence-electron chi connectivity index (χ0n) is 15.5. The van der Waals surface area contributed by atoms with Gasteiger partial charge < -0.3 is 35.6 Å². The number of rotatable bonds is 6. The van der Waals surface area contributed by atoms with Crippen molar-refractivity contribution in [3.05, 3.63) is 53.1 Å². The van der Waals surface area contributed by atoms with Crippen LogP contribution in [0.2, 0.25) is 5.02 Å². The van der Waals surface area contributed by atoms with Crippen LogP contribution >= 0.6 is 11.6 Å². The number of amides is 1. The van der Waals surface area contributed by atoms with Crippen molar-refractivity contribution in [2.45, 2.75) is 24.1 Å². The van der Waals surface area contributed by atoms with Gasteiger partial charge in [0.2, 0.25) is 6.29 Å². The van der Waals surface area contributed by atoms with Crippen LogP contribution in [0.1, 0.15) is 10.4 Å². The highest BCUT2D eigenvalue weighted by atomic mass is 35.5. The lowest BCUT2D eigenvalue weighted by Crippen LogP contribution is -2.76. The summed E-state index contributed by atoms with van der Waals surface area (Å²) >= 11 is 6.24. The van der Waals surface area contributed by atoms with Crippen LogP contribution in [0.3, 0.4) is 0 Å². The molecule has 6 N–H and O–H groups in total. The number of halogens is 1. The Kier molecular flexibility index (Phi) is 6.13. The number of aliphatic hydroxyl groups is 5. The molecule has 0 aromatic heterocycles. The summed E-state index contributed by atoms with van der Waals surface area (Å²) in [6, 6.07) is 11.6. The molecule has 1 aliphatic carbocycles. The van der Waals surface area contributed by atoms with Crippen molar-refractivity contribution in [1.82, 2.24) is 5.32 Å². The Labute approximate surface area is 172 Å². The second kappa shape index (κ2) is 8.27. The van der Waals surface area contributed by atoms with Gasteiger partial charge >= 0.3 is 0 Å². The van der Waals surface area contributed by atoms with Crippen molar-refractivity contribution in [2.24, 2.45) is 5.92 Å². The summed E-state index contributed by atoms with van der Waals surface area (Å²) in [7, 11) is 1.54. The molecule has 8 nitrogen and oxygen atoms in total. The summed E-state index contributed by atoms with van der Waals surface area (Å²) in [5, 5.41) is 52.1. The molecule has 29 heavy (non-hydrogen) atoms. The van der Waals surface area contributed by atoms with Crippen LogP contribution in [0.15, 0.2) is 42.5 Å². The lowest BCUT2D eigenvalue weighted by molar-refractivity contribution is -0.332. The van der Waals surface area contributed by atoms with Crippen LogP contribution in [0.4, 0.5) is 0 Å². The minimum atomic E-state index is -2.24. The molecular weight excluding hydrogens is 402 g/mol. The van der Waals surface area contributed by atoms with Crippen molar-refractivity contribution >= 4 is 17.5 Å². The first kappa shape index (κ1) is 21.5. The Hall–Kier alpha value is -2.20. The van der Waals surface area contributed by atoms with E-state index in [1.807, 2.05) is 0 Å². The third kappa shape index (κ3) is 3.71. The summed E-state index contributed by atoms with van der Waals surface area (Å²) < 4.78 is 5.30. The smallest absolute Gasteiger partial charge is 0.251 e.